The Morgan fingerprint density at radius 1 is 1.46 bits per heavy atom. The number of amides is 1. The number of nitrogens with zero attached hydrogens (tertiary/aromatic N) is 2. The molecule has 0 radical (unpaired) electrons. The molecule has 4 nitrogen and oxygen atoms in total. The zero-order valence-electron chi connectivity index (χ0n) is 6.83. The van der Waals surface area contributed by atoms with Gasteiger partial charge in [-0.05, 0) is 28.8 Å². The molecule has 0 bridgehead atoms. The van der Waals surface area contributed by atoms with Gasteiger partial charge in [0.2, 0.25) is 5.91 Å². The first-order valence-corrected chi connectivity index (χ1v) is 4.72. The van der Waals surface area contributed by atoms with Crippen LogP contribution in [0.5, 0.6) is 0 Å². The molecule has 0 atom stereocenters. The Labute approximate surface area is 83.7 Å². The zero-order valence-corrected chi connectivity index (χ0v) is 8.41. The molecule has 0 unspecified atom stereocenters. The van der Waals surface area contributed by atoms with E-state index in [1.165, 1.54) is 0 Å². The summed E-state index contributed by atoms with van der Waals surface area (Å²) >= 11 is 3.18. The van der Waals surface area contributed by atoms with Crippen LogP contribution in [0.15, 0.2) is 17.0 Å². The third kappa shape index (κ3) is 1.33. The number of hydrogen-bond donors (Lipinski definition) is 1. The van der Waals surface area contributed by atoms with Gasteiger partial charge in [0, 0.05) is 0 Å². The second-order valence-corrected chi connectivity index (χ2v) is 3.98. The van der Waals surface area contributed by atoms with Crippen LogP contribution in [-0.4, -0.2) is 15.9 Å². The Morgan fingerprint density at radius 2 is 2.15 bits per heavy atom. The van der Waals surface area contributed by atoms with Crippen molar-refractivity contribution in [2.75, 3.05) is 0 Å². The van der Waals surface area contributed by atoms with Gasteiger partial charge in [-0.15, -0.1) is 0 Å². The van der Waals surface area contributed by atoms with Crippen molar-refractivity contribution in [1.82, 2.24) is 9.97 Å². The molecule has 0 saturated heterocycles. The fourth-order valence-electron chi connectivity index (χ4n) is 1.31. The summed E-state index contributed by atoms with van der Waals surface area (Å²) in [5, 5.41) is 0. The molecule has 1 fully saturated rings. The molecule has 5 heteroatoms. The Hall–Kier alpha value is -0.970. The Kier molecular flexibility index (Phi) is 1.83. The first-order valence-electron chi connectivity index (χ1n) is 3.93. The number of hydrogen-bond acceptors (Lipinski definition) is 3. The van der Waals surface area contributed by atoms with Crippen molar-refractivity contribution < 1.29 is 4.79 Å². The Morgan fingerprint density at radius 3 is 2.54 bits per heavy atom. The van der Waals surface area contributed by atoms with Gasteiger partial charge in [-0.1, -0.05) is 0 Å². The molecule has 2 rings (SSSR count). The summed E-state index contributed by atoms with van der Waals surface area (Å²) in [4.78, 5) is 19.2. The number of carbonyl (C=O) groups is 1. The second kappa shape index (κ2) is 2.77. The minimum Gasteiger partial charge on any atom is -0.369 e. The maximum absolute atomic E-state index is 11.1. The number of nitrogens with two attached hydrogens (primary N) is 1. The first-order chi connectivity index (χ1) is 6.15. The monoisotopic (exact) mass is 241 g/mol. The maximum atomic E-state index is 11.1. The van der Waals surface area contributed by atoms with Crippen LogP contribution in [0.2, 0.25) is 0 Å². The maximum Gasteiger partial charge on any atom is 0.229 e. The van der Waals surface area contributed by atoms with E-state index in [2.05, 4.69) is 25.9 Å². The average Bonchev–Trinajstić information content (AvgIpc) is 2.86. The van der Waals surface area contributed by atoms with Crippen LogP contribution in [0.3, 0.4) is 0 Å². The SMILES string of the molecule is NC(=O)C1(c2cnc(Br)cn2)CC1. The average molecular weight is 242 g/mol. The minimum absolute atomic E-state index is 0.302. The highest BCUT2D eigenvalue weighted by atomic mass is 79.9. The normalized spacial score (nSPS) is 18.2. The molecular weight excluding hydrogens is 234 g/mol. The van der Waals surface area contributed by atoms with Crippen molar-refractivity contribution in [3.05, 3.63) is 22.7 Å². The topological polar surface area (TPSA) is 68.9 Å². The highest BCUT2D eigenvalue weighted by Gasteiger charge is 2.51. The summed E-state index contributed by atoms with van der Waals surface area (Å²) in [7, 11) is 0. The lowest BCUT2D eigenvalue weighted by atomic mass is 10.0. The van der Waals surface area contributed by atoms with Crippen LogP contribution in [-0.2, 0) is 10.2 Å². The van der Waals surface area contributed by atoms with Gasteiger partial charge in [-0.25, -0.2) is 4.98 Å². The van der Waals surface area contributed by atoms with Gasteiger partial charge >= 0.3 is 0 Å². The van der Waals surface area contributed by atoms with E-state index in [-0.39, 0.29) is 5.91 Å². The highest BCUT2D eigenvalue weighted by molar-refractivity contribution is 9.10. The van der Waals surface area contributed by atoms with Crippen LogP contribution in [0, 0.1) is 0 Å². The lowest BCUT2D eigenvalue weighted by Crippen LogP contribution is -2.29. The van der Waals surface area contributed by atoms with Crippen LogP contribution < -0.4 is 5.73 Å². The van der Waals surface area contributed by atoms with Crippen molar-refractivity contribution in [3.63, 3.8) is 0 Å². The number of halogens is 1. The van der Waals surface area contributed by atoms with Crippen molar-refractivity contribution >= 4 is 21.8 Å². The summed E-state index contributed by atoms with van der Waals surface area (Å²) in [6.07, 6.45) is 4.76. The third-order valence-corrected chi connectivity index (χ3v) is 2.74. The molecule has 1 aliphatic rings. The number of carbonyl (C=O) groups excluding carboxylic acids is 1. The lowest BCUT2D eigenvalue weighted by Gasteiger charge is -2.08. The molecule has 2 N–H and O–H groups in total. The summed E-state index contributed by atoms with van der Waals surface area (Å²) < 4.78 is 0.663. The van der Waals surface area contributed by atoms with Crippen molar-refractivity contribution in [2.45, 2.75) is 18.3 Å². The molecular formula is C8H8BrN3O. The lowest BCUT2D eigenvalue weighted by molar-refractivity contribution is -0.120. The van der Waals surface area contributed by atoms with Crippen molar-refractivity contribution in [1.29, 1.82) is 0 Å². The van der Waals surface area contributed by atoms with E-state index in [1.54, 1.807) is 12.4 Å². The molecule has 13 heavy (non-hydrogen) atoms. The molecule has 0 aliphatic heterocycles. The molecule has 68 valence electrons. The second-order valence-electron chi connectivity index (χ2n) is 3.17. The van der Waals surface area contributed by atoms with Crippen molar-refractivity contribution in [3.8, 4) is 0 Å². The Balaban J connectivity index is 2.36. The highest BCUT2D eigenvalue weighted by Crippen LogP contribution is 2.46. The summed E-state index contributed by atoms with van der Waals surface area (Å²) in [5.41, 5.74) is 5.45. The molecule has 1 aromatic rings. The largest absolute Gasteiger partial charge is 0.369 e. The van der Waals surface area contributed by atoms with E-state index >= 15 is 0 Å². The first kappa shape index (κ1) is 8.62. The molecule has 1 heterocycles. The van der Waals surface area contributed by atoms with Crippen LogP contribution in [0.1, 0.15) is 18.5 Å². The molecule has 0 aromatic carbocycles. The molecule has 1 aromatic heterocycles. The van der Waals surface area contributed by atoms with E-state index in [0.29, 0.717) is 10.3 Å². The van der Waals surface area contributed by atoms with Gasteiger partial charge in [-0.3, -0.25) is 9.78 Å². The molecule has 1 saturated carbocycles. The van der Waals surface area contributed by atoms with Crippen LogP contribution >= 0.6 is 15.9 Å². The molecule has 1 amide bonds. The number of primary amides is 1. The predicted molar refractivity (Wildman–Crippen MR) is 49.8 cm³/mol. The van der Waals surface area contributed by atoms with E-state index in [4.69, 9.17) is 5.73 Å². The summed E-state index contributed by atoms with van der Waals surface area (Å²) in [6.45, 7) is 0. The number of rotatable bonds is 2. The zero-order chi connectivity index (χ0) is 9.47. The standard InChI is InChI=1S/C8H8BrN3O/c9-6-4-11-5(3-12-6)8(1-2-8)7(10)13/h3-4H,1-2H2,(H2,10,13). The fraction of sp³-hybridized carbons (Fsp3) is 0.375. The van der Waals surface area contributed by atoms with Gasteiger partial charge in [-0.2, -0.15) is 0 Å². The molecule has 1 aliphatic carbocycles. The van der Waals surface area contributed by atoms with Gasteiger partial charge in [0.05, 0.1) is 23.5 Å². The summed E-state index contributed by atoms with van der Waals surface area (Å²) in [5.74, 6) is -0.302. The van der Waals surface area contributed by atoms with Crippen LogP contribution in [0.25, 0.3) is 0 Å². The summed E-state index contributed by atoms with van der Waals surface area (Å²) in [6, 6.07) is 0. The predicted octanol–water partition coefficient (Wildman–Crippen LogP) is 0.756. The van der Waals surface area contributed by atoms with E-state index < -0.39 is 5.41 Å². The smallest absolute Gasteiger partial charge is 0.229 e. The van der Waals surface area contributed by atoms with Gasteiger partial charge < -0.3 is 5.73 Å². The fourth-order valence-corrected chi connectivity index (χ4v) is 1.52. The van der Waals surface area contributed by atoms with Crippen LogP contribution in [0.4, 0.5) is 0 Å². The molecule has 0 spiro atoms. The minimum atomic E-state index is -0.520. The van der Waals surface area contributed by atoms with E-state index in [9.17, 15) is 4.79 Å². The van der Waals surface area contributed by atoms with E-state index in [1.807, 2.05) is 0 Å². The van der Waals surface area contributed by atoms with Gasteiger partial charge in [0.1, 0.15) is 4.60 Å². The van der Waals surface area contributed by atoms with Gasteiger partial charge in [0.15, 0.2) is 0 Å². The van der Waals surface area contributed by atoms with E-state index in [0.717, 1.165) is 12.8 Å². The van der Waals surface area contributed by atoms with Crippen molar-refractivity contribution in [2.24, 2.45) is 5.73 Å². The third-order valence-electron chi connectivity index (χ3n) is 2.33. The number of aromatic nitrogens is 2. The quantitative estimate of drug-likeness (QED) is 0.832. The Bertz CT molecular complexity index is 345. The van der Waals surface area contributed by atoms with Gasteiger partial charge in [0.25, 0.3) is 0 Å².